The maximum atomic E-state index is 6.37. The molecule has 112 valence electrons. The number of benzene rings is 2. The van der Waals surface area contributed by atoms with Crippen LogP contribution in [0.2, 0.25) is 10.0 Å². The highest BCUT2D eigenvalue weighted by atomic mass is 35.5. The third kappa shape index (κ3) is 2.54. The predicted molar refractivity (Wildman–Crippen MR) is 90.1 cm³/mol. The molecule has 0 spiro atoms. The van der Waals surface area contributed by atoms with Crippen molar-refractivity contribution in [3.05, 3.63) is 46.4 Å². The Labute approximate surface area is 136 Å². The summed E-state index contributed by atoms with van der Waals surface area (Å²) < 4.78 is 1.37. The lowest BCUT2D eigenvalue weighted by atomic mass is 10.0. The van der Waals surface area contributed by atoms with E-state index >= 15 is 0 Å². The molecule has 2 aromatic carbocycles. The molecule has 0 saturated carbocycles. The normalized spacial score (nSPS) is 10.8. The molecule has 0 saturated heterocycles. The molecule has 1 heterocycles. The van der Waals surface area contributed by atoms with Gasteiger partial charge in [0.15, 0.2) is 0 Å². The summed E-state index contributed by atoms with van der Waals surface area (Å²) in [5.74, 6) is 0.234. The predicted octanol–water partition coefficient (Wildman–Crippen LogP) is 2.99. The first-order chi connectivity index (χ1) is 10.5. The van der Waals surface area contributed by atoms with Crippen molar-refractivity contribution in [2.45, 2.75) is 0 Å². The minimum Gasteiger partial charge on any atom is -0.399 e. The maximum absolute atomic E-state index is 6.37. The molecule has 0 fully saturated rings. The van der Waals surface area contributed by atoms with E-state index in [4.69, 9.17) is 40.4 Å². The summed E-state index contributed by atoms with van der Waals surface area (Å²) in [6.45, 7) is 0. The van der Waals surface area contributed by atoms with Gasteiger partial charge in [-0.1, -0.05) is 35.3 Å². The van der Waals surface area contributed by atoms with E-state index in [9.17, 15) is 0 Å². The van der Waals surface area contributed by atoms with Crippen LogP contribution in [0.5, 0.6) is 0 Å². The van der Waals surface area contributed by atoms with Gasteiger partial charge in [0.05, 0.1) is 15.7 Å². The van der Waals surface area contributed by atoms with Gasteiger partial charge < -0.3 is 17.2 Å². The van der Waals surface area contributed by atoms with Crippen LogP contribution in [-0.2, 0) is 0 Å². The first-order valence-electron chi connectivity index (χ1n) is 6.29. The Balaban J connectivity index is 2.12. The molecule has 0 amide bonds. The van der Waals surface area contributed by atoms with Gasteiger partial charge in [-0.2, -0.15) is 9.67 Å². The molecule has 0 bridgehead atoms. The van der Waals surface area contributed by atoms with Gasteiger partial charge in [-0.05, 0) is 29.8 Å². The lowest BCUT2D eigenvalue weighted by molar-refractivity contribution is 0.896. The Morgan fingerprint density at radius 2 is 1.50 bits per heavy atom. The number of nitrogens with two attached hydrogens (primary N) is 3. The molecule has 6 nitrogen and oxygen atoms in total. The van der Waals surface area contributed by atoms with E-state index in [-0.39, 0.29) is 11.9 Å². The second-order valence-corrected chi connectivity index (χ2v) is 5.46. The second kappa shape index (κ2) is 5.40. The van der Waals surface area contributed by atoms with Gasteiger partial charge in [0.2, 0.25) is 11.9 Å². The van der Waals surface area contributed by atoms with Crippen LogP contribution >= 0.6 is 23.2 Å². The van der Waals surface area contributed by atoms with Crippen LogP contribution in [0.15, 0.2) is 36.4 Å². The Kier molecular flexibility index (Phi) is 3.56. The molecule has 3 aromatic rings. The number of hydrogen-bond acceptors (Lipinski definition) is 5. The van der Waals surface area contributed by atoms with E-state index in [0.717, 1.165) is 5.56 Å². The molecule has 1 aromatic heterocycles. The van der Waals surface area contributed by atoms with Crippen molar-refractivity contribution < 1.29 is 0 Å². The highest BCUT2D eigenvalue weighted by Crippen LogP contribution is 2.37. The monoisotopic (exact) mass is 334 g/mol. The number of halogens is 2. The molecule has 0 aliphatic heterocycles. The number of nitrogen functional groups attached to an aromatic ring is 3. The summed E-state index contributed by atoms with van der Waals surface area (Å²) in [5.41, 5.74) is 19.8. The second-order valence-electron chi connectivity index (χ2n) is 4.65. The average Bonchev–Trinajstić information content (AvgIpc) is 2.79. The molecule has 22 heavy (non-hydrogen) atoms. The molecule has 0 unspecified atom stereocenters. The molecular formula is C14H12Cl2N6. The molecular weight excluding hydrogens is 323 g/mol. The van der Waals surface area contributed by atoms with Crippen molar-refractivity contribution in [3.63, 3.8) is 0 Å². The van der Waals surface area contributed by atoms with Gasteiger partial charge in [-0.15, -0.1) is 5.10 Å². The largest absolute Gasteiger partial charge is 0.399 e. The minimum absolute atomic E-state index is 0.0763. The molecule has 0 radical (unpaired) electrons. The zero-order chi connectivity index (χ0) is 15.9. The summed E-state index contributed by atoms with van der Waals surface area (Å²) in [4.78, 5) is 3.84. The molecule has 0 aliphatic rings. The summed E-state index contributed by atoms with van der Waals surface area (Å²) in [7, 11) is 0. The van der Waals surface area contributed by atoms with Crippen LogP contribution in [0.4, 0.5) is 17.6 Å². The highest BCUT2D eigenvalue weighted by Gasteiger charge is 2.14. The maximum Gasteiger partial charge on any atom is 0.241 e. The fourth-order valence-corrected chi connectivity index (χ4v) is 2.83. The first-order valence-corrected chi connectivity index (χ1v) is 7.04. The van der Waals surface area contributed by atoms with E-state index in [1.165, 1.54) is 4.68 Å². The van der Waals surface area contributed by atoms with Gasteiger partial charge >= 0.3 is 0 Å². The Bertz CT molecular complexity index is 818. The molecule has 3 rings (SSSR count). The van der Waals surface area contributed by atoms with E-state index in [2.05, 4.69) is 10.1 Å². The van der Waals surface area contributed by atoms with Gasteiger partial charge in [0.1, 0.15) is 0 Å². The summed E-state index contributed by atoms with van der Waals surface area (Å²) in [5, 5.41) is 4.92. The molecule has 0 atom stereocenters. The first kappa shape index (κ1) is 14.5. The SMILES string of the molecule is Nc1ccc(-c2c(Cl)cc(-n3nc(N)nc3N)cc2Cl)cc1. The van der Waals surface area contributed by atoms with E-state index < -0.39 is 0 Å². The average molecular weight is 335 g/mol. The topological polar surface area (TPSA) is 109 Å². The summed E-state index contributed by atoms with van der Waals surface area (Å²) in [6, 6.07) is 10.7. The number of rotatable bonds is 2. The standard InChI is InChI=1S/C14H12Cl2N6/c15-10-5-9(22-14(19)20-13(18)21-22)6-11(16)12(10)7-1-3-8(17)4-2-7/h1-6H,17H2,(H4,18,19,20,21). The lowest BCUT2D eigenvalue weighted by Gasteiger charge is -2.11. The fraction of sp³-hybridized carbons (Fsp3) is 0. The number of aromatic nitrogens is 3. The highest BCUT2D eigenvalue weighted by molar-refractivity contribution is 6.39. The van der Waals surface area contributed by atoms with E-state index in [1.807, 2.05) is 12.1 Å². The van der Waals surface area contributed by atoms with Crippen LogP contribution in [0.3, 0.4) is 0 Å². The Morgan fingerprint density at radius 3 is 2.00 bits per heavy atom. The van der Waals surface area contributed by atoms with Gasteiger partial charge in [-0.3, -0.25) is 0 Å². The van der Waals surface area contributed by atoms with Gasteiger partial charge in [0.25, 0.3) is 0 Å². The summed E-state index contributed by atoms with van der Waals surface area (Å²) in [6.07, 6.45) is 0. The van der Waals surface area contributed by atoms with E-state index in [0.29, 0.717) is 27.0 Å². The number of hydrogen-bond donors (Lipinski definition) is 3. The van der Waals surface area contributed by atoms with Crippen molar-refractivity contribution in [2.24, 2.45) is 0 Å². The number of nitrogens with zero attached hydrogens (tertiary/aromatic N) is 3. The Hall–Kier alpha value is -2.44. The summed E-state index contributed by atoms with van der Waals surface area (Å²) >= 11 is 12.7. The van der Waals surface area contributed by atoms with Gasteiger partial charge in [-0.25, -0.2) is 0 Å². The minimum atomic E-state index is 0.0763. The quantitative estimate of drug-likeness (QED) is 0.624. The zero-order valence-corrected chi connectivity index (χ0v) is 12.8. The van der Waals surface area contributed by atoms with Crippen LogP contribution in [0.25, 0.3) is 16.8 Å². The fourth-order valence-electron chi connectivity index (χ4n) is 2.14. The third-order valence-corrected chi connectivity index (χ3v) is 3.72. The van der Waals surface area contributed by atoms with Crippen molar-refractivity contribution in [2.75, 3.05) is 17.2 Å². The number of anilines is 3. The van der Waals surface area contributed by atoms with Crippen LogP contribution in [0, 0.1) is 0 Å². The van der Waals surface area contributed by atoms with Crippen molar-refractivity contribution >= 4 is 40.8 Å². The van der Waals surface area contributed by atoms with Crippen molar-refractivity contribution in [3.8, 4) is 16.8 Å². The van der Waals surface area contributed by atoms with Crippen LogP contribution in [-0.4, -0.2) is 14.8 Å². The van der Waals surface area contributed by atoms with Crippen LogP contribution < -0.4 is 17.2 Å². The zero-order valence-electron chi connectivity index (χ0n) is 11.3. The molecule has 8 heteroatoms. The Morgan fingerprint density at radius 1 is 0.909 bits per heavy atom. The smallest absolute Gasteiger partial charge is 0.241 e. The van der Waals surface area contributed by atoms with Crippen molar-refractivity contribution in [1.29, 1.82) is 0 Å². The van der Waals surface area contributed by atoms with Crippen molar-refractivity contribution in [1.82, 2.24) is 14.8 Å². The van der Waals surface area contributed by atoms with Gasteiger partial charge in [0, 0.05) is 11.3 Å². The molecule has 0 aliphatic carbocycles. The lowest BCUT2D eigenvalue weighted by Crippen LogP contribution is -2.03. The van der Waals surface area contributed by atoms with Crippen LogP contribution in [0.1, 0.15) is 0 Å². The third-order valence-electron chi connectivity index (χ3n) is 3.12. The van der Waals surface area contributed by atoms with E-state index in [1.54, 1.807) is 24.3 Å². The molecule has 6 N–H and O–H groups in total.